The van der Waals surface area contributed by atoms with Crippen LogP contribution in [0.1, 0.15) is 30.8 Å². The van der Waals surface area contributed by atoms with Gasteiger partial charge in [0.2, 0.25) is 0 Å². The molecule has 1 aromatic heterocycles. The molecule has 0 spiro atoms. The number of methoxy groups -OCH3 is 1. The molecule has 2 rings (SSSR count). The normalized spacial score (nSPS) is 12.4. The smallest absolute Gasteiger partial charge is 0.144 e. The van der Waals surface area contributed by atoms with Crippen molar-refractivity contribution in [2.75, 3.05) is 19.9 Å². The fraction of sp³-hybridized carbons (Fsp3) is 0.375. The van der Waals surface area contributed by atoms with Crippen LogP contribution in [0.5, 0.6) is 5.75 Å². The van der Waals surface area contributed by atoms with Gasteiger partial charge < -0.3 is 10.5 Å². The van der Waals surface area contributed by atoms with E-state index in [0.717, 1.165) is 18.0 Å². The Labute approximate surface area is 125 Å². The van der Waals surface area contributed by atoms with Gasteiger partial charge in [0.05, 0.1) is 13.7 Å². The first kappa shape index (κ1) is 15.3. The molecule has 5 heteroatoms. The average molecular weight is 286 g/mol. The summed E-state index contributed by atoms with van der Waals surface area (Å²) in [6, 6.07) is 10.0. The third-order valence-corrected chi connectivity index (χ3v) is 3.53. The summed E-state index contributed by atoms with van der Waals surface area (Å²) in [5, 5.41) is 0. The number of anilines is 1. The zero-order valence-corrected chi connectivity index (χ0v) is 12.8. The Morgan fingerprint density at radius 1 is 1.29 bits per heavy atom. The van der Waals surface area contributed by atoms with Gasteiger partial charge in [-0.1, -0.05) is 25.1 Å². The van der Waals surface area contributed by atoms with Crippen molar-refractivity contribution in [3.8, 4) is 5.75 Å². The quantitative estimate of drug-likeness (QED) is 0.884. The molecule has 0 bridgehead atoms. The molecule has 0 aliphatic heterocycles. The molecule has 1 atom stereocenters. The highest BCUT2D eigenvalue weighted by atomic mass is 16.5. The van der Waals surface area contributed by atoms with Crippen molar-refractivity contribution in [2.45, 2.75) is 25.9 Å². The second-order valence-corrected chi connectivity index (χ2v) is 4.98. The maximum absolute atomic E-state index is 5.71. The van der Waals surface area contributed by atoms with Crippen molar-refractivity contribution in [3.05, 3.63) is 47.9 Å². The van der Waals surface area contributed by atoms with Crippen molar-refractivity contribution >= 4 is 5.82 Å². The van der Waals surface area contributed by atoms with E-state index in [1.165, 1.54) is 5.56 Å². The fourth-order valence-electron chi connectivity index (χ4n) is 2.54. The van der Waals surface area contributed by atoms with Crippen LogP contribution < -0.4 is 10.5 Å². The third-order valence-electron chi connectivity index (χ3n) is 3.53. The summed E-state index contributed by atoms with van der Waals surface area (Å²) in [6.07, 6.45) is 2.66. The Morgan fingerprint density at radius 3 is 2.71 bits per heavy atom. The lowest BCUT2D eigenvalue weighted by atomic mass is 10.0. The molecular weight excluding hydrogens is 264 g/mol. The molecule has 1 aromatic carbocycles. The Balaban J connectivity index is 2.20. The van der Waals surface area contributed by atoms with Crippen molar-refractivity contribution in [3.63, 3.8) is 0 Å². The van der Waals surface area contributed by atoms with Crippen molar-refractivity contribution in [1.82, 2.24) is 14.9 Å². The molecule has 2 aromatic rings. The molecule has 0 fully saturated rings. The molecular formula is C16H22N4O. The first-order valence-corrected chi connectivity index (χ1v) is 7.06. The van der Waals surface area contributed by atoms with Crippen molar-refractivity contribution < 1.29 is 4.74 Å². The van der Waals surface area contributed by atoms with Crippen LogP contribution in [0.3, 0.4) is 0 Å². The van der Waals surface area contributed by atoms with E-state index < -0.39 is 0 Å². The van der Waals surface area contributed by atoms with Gasteiger partial charge in [0.1, 0.15) is 17.4 Å². The average Bonchev–Trinajstić information content (AvgIpc) is 2.48. The summed E-state index contributed by atoms with van der Waals surface area (Å²) in [6.45, 7) is 2.80. The van der Waals surface area contributed by atoms with Gasteiger partial charge in [-0.3, -0.25) is 4.90 Å². The monoisotopic (exact) mass is 286 g/mol. The fourth-order valence-corrected chi connectivity index (χ4v) is 2.54. The van der Waals surface area contributed by atoms with Gasteiger partial charge in [-0.15, -0.1) is 0 Å². The van der Waals surface area contributed by atoms with Crippen LogP contribution in [-0.2, 0) is 6.54 Å². The highest BCUT2D eigenvalue weighted by molar-refractivity contribution is 5.36. The number of aromatic nitrogens is 2. The molecule has 0 radical (unpaired) electrons. The van der Waals surface area contributed by atoms with Crippen LogP contribution in [-0.4, -0.2) is 29.0 Å². The summed E-state index contributed by atoms with van der Waals surface area (Å²) in [4.78, 5) is 10.7. The van der Waals surface area contributed by atoms with E-state index in [0.29, 0.717) is 12.4 Å². The minimum Gasteiger partial charge on any atom is -0.496 e. The minimum absolute atomic E-state index is 0.242. The molecule has 1 unspecified atom stereocenters. The number of nitrogens with two attached hydrogens (primary N) is 1. The maximum Gasteiger partial charge on any atom is 0.144 e. The lowest BCUT2D eigenvalue weighted by molar-refractivity contribution is 0.220. The molecule has 0 aliphatic rings. The first-order chi connectivity index (χ1) is 10.2. The zero-order chi connectivity index (χ0) is 15.2. The van der Waals surface area contributed by atoms with E-state index in [-0.39, 0.29) is 6.04 Å². The van der Waals surface area contributed by atoms with Gasteiger partial charge >= 0.3 is 0 Å². The molecule has 0 aliphatic carbocycles. The number of benzene rings is 1. The Kier molecular flexibility index (Phi) is 5.11. The van der Waals surface area contributed by atoms with Gasteiger partial charge in [0.15, 0.2) is 0 Å². The molecule has 0 saturated carbocycles. The summed E-state index contributed by atoms with van der Waals surface area (Å²) in [7, 11) is 3.76. The third kappa shape index (κ3) is 3.70. The van der Waals surface area contributed by atoms with Crippen LogP contribution in [0.4, 0.5) is 5.82 Å². The lowest BCUT2D eigenvalue weighted by Crippen LogP contribution is -2.25. The maximum atomic E-state index is 5.71. The second kappa shape index (κ2) is 7.04. The lowest BCUT2D eigenvalue weighted by Gasteiger charge is -2.28. The Bertz CT molecular complexity index is 588. The van der Waals surface area contributed by atoms with E-state index in [1.807, 2.05) is 18.2 Å². The molecule has 21 heavy (non-hydrogen) atoms. The predicted octanol–water partition coefficient (Wildman–Crippen LogP) is 2.65. The SMILES string of the molecule is CCC(c1ccccc1OC)N(C)Cc1nccc(N)n1. The predicted molar refractivity (Wildman–Crippen MR) is 83.9 cm³/mol. The van der Waals surface area contributed by atoms with Gasteiger partial charge in [-0.05, 0) is 25.6 Å². The number of ether oxygens (including phenoxy) is 1. The number of nitrogens with zero attached hydrogens (tertiary/aromatic N) is 3. The Hall–Kier alpha value is -2.14. The summed E-state index contributed by atoms with van der Waals surface area (Å²) in [5.41, 5.74) is 6.88. The standard InChI is InChI=1S/C16H22N4O/c1-4-13(12-7-5-6-8-14(12)21-3)20(2)11-16-18-10-9-15(17)19-16/h5-10,13H,4,11H2,1-3H3,(H2,17,18,19). The summed E-state index contributed by atoms with van der Waals surface area (Å²) >= 11 is 0. The van der Waals surface area contributed by atoms with Crippen molar-refractivity contribution in [1.29, 1.82) is 0 Å². The van der Waals surface area contributed by atoms with E-state index >= 15 is 0 Å². The number of nitrogen functional groups attached to an aromatic ring is 1. The highest BCUT2D eigenvalue weighted by Gasteiger charge is 2.19. The topological polar surface area (TPSA) is 64.3 Å². The molecule has 1 heterocycles. The van der Waals surface area contributed by atoms with Crippen molar-refractivity contribution in [2.24, 2.45) is 0 Å². The van der Waals surface area contributed by atoms with E-state index in [4.69, 9.17) is 10.5 Å². The van der Waals surface area contributed by atoms with Gasteiger partial charge in [0.25, 0.3) is 0 Å². The zero-order valence-electron chi connectivity index (χ0n) is 12.8. The largest absolute Gasteiger partial charge is 0.496 e. The van der Waals surface area contributed by atoms with Gasteiger partial charge in [-0.25, -0.2) is 9.97 Å². The molecule has 0 saturated heterocycles. The van der Waals surface area contributed by atoms with E-state index in [2.05, 4.69) is 34.9 Å². The molecule has 112 valence electrons. The van der Waals surface area contributed by atoms with E-state index in [1.54, 1.807) is 19.4 Å². The minimum atomic E-state index is 0.242. The number of rotatable bonds is 6. The molecule has 0 amide bonds. The van der Waals surface area contributed by atoms with Gasteiger partial charge in [0, 0.05) is 17.8 Å². The van der Waals surface area contributed by atoms with Gasteiger partial charge in [-0.2, -0.15) is 0 Å². The number of para-hydroxylation sites is 1. The first-order valence-electron chi connectivity index (χ1n) is 7.06. The van der Waals surface area contributed by atoms with Crippen LogP contribution >= 0.6 is 0 Å². The number of hydrogen-bond acceptors (Lipinski definition) is 5. The Morgan fingerprint density at radius 2 is 2.05 bits per heavy atom. The van der Waals surface area contributed by atoms with Crippen LogP contribution in [0, 0.1) is 0 Å². The summed E-state index contributed by atoms with van der Waals surface area (Å²) < 4.78 is 5.47. The second-order valence-electron chi connectivity index (χ2n) is 4.98. The number of hydrogen-bond donors (Lipinski definition) is 1. The van der Waals surface area contributed by atoms with Crippen LogP contribution in [0.25, 0.3) is 0 Å². The molecule has 5 nitrogen and oxygen atoms in total. The molecule has 2 N–H and O–H groups in total. The highest BCUT2D eigenvalue weighted by Crippen LogP contribution is 2.31. The van der Waals surface area contributed by atoms with Crippen LogP contribution in [0.2, 0.25) is 0 Å². The summed E-state index contributed by atoms with van der Waals surface area (Å²) in [5.74, 6) is 2.13. The van der Waals surface area contributed by atoms with Crippen LogP contribution in [0.15, 0.2) is 36.5 Å². The van der Waals surface area contributed by atoms with E-state index in [9.17, 15) is 0 Å².